The lowest BCUT2D eigenvalue weighted by atomic mass is 9.81. The molecule has 3 aromatic rings. The van der Waals surface area contributed by atoms with Gasteiger partial charge in [0.1, 0.15) is 6.10 Å². The lowest BCUT2D eigenvalue weighted by Gasteiger charge is -2.49. The first-order valence-corrected chi connectivity index (χ1v) is 10.0. The van der Waals surface area contributed by atoms with Gasteiger partial charge in [0.15, 0.2) is 0 Å². The molecular formula is C21H22N2OS. The molecule has 0 spiro atoms. The van der Waals surface area contributed by atoms with Crippen LogP contribution in [0.2, 0.25) is 0 Å². The molecule has 3 aliphatic heterocycles. The van der Waals surface area contributed by atoms with E-state index in [0.29, 0.717) is 12.0 Å². The van der Waals surface area contributed by atoms with E-state index in [1.54, 1.807) is 11.3 Å². The zero-order valence-electron chi connectivity index (χ0n) is 14.4. The molecule has 3 fully saturated rings. The third-order valence-electron chi connectivity index (χ3n) is 5.88. The Hall–Kier alpha value is -1.91. The lowest BCUT2D eigenvalue weighted by Crippen LogP contribution is -2.58. The highest BCUT2D eigenvalue weighted by atomic mass is 32.1. The molecule has 3 aliphatic rings. The van der Waals surface area contributed by atoms with Crippen molar-refractivity contribution in [1.29, 1.82) is 0 Å². The number of hydrogen-bond acceptors (Lipinski definition) is 4. The van der Waals surface area contributed by atoms with Crippen LogP contribution in [0, 0.1) is 5.92 Å². The van der Waals surface area contributed by atoms with E-state index in [9.17, 15) is 0 Å². The molecule has 0 aliphatic carbocycles. The molecule has 0 N–H and O–H groups in total. The second kappa shape index (κ2) is 6.11. The molecule has 1 aromatic carbocycles. The van der Waals surface area contributed by atoms with Gasteiger partial charge in [-0.2, -0.15) is 0 Å². The Labute approximate surface area is 152 Å². The predicted octanol–water partition coefficient (Wildman–Crippen LogP) is 4.82. The Kier molecular flexibility index (Phi) is 3.75. The first-order valence-electron chi connectivity index (χ1n) is 9.13. The zero-order valence-corrected chi connectivity index (χ0v) is 15.2. The van der Waals surface area contributed by atoms with Gasteiger partial charge in [-0.15, -0.1) is 11.3 Å². The Bertz CT molecular complexity index is 878. The maximum absolute atomic E-state index is 6.31. The third-order valence-corrected chi connectivity index (χ3v) is 6.84. The summed E-state index contributed by atoms with van der Waals surface area (Å²) >= 11 is 1.79. The Morgan fingerprint density at radius 3 is 2.72 bits per heavy atom. The quantitative estimate of drug-likeness (QED) is 0.677. The van der Waals surface area contributed by atoms with Gasteiger partial charge in [0.05, 0.1) is 0 Å². The van der Waals surface area contributed by atoms with Crippen molar-refractivity contribution in [2.75, 3.05) is 13.1 Å². The second-order valence-electron chi connectivity index (χ2n) is 7.23. The monoisotopic (exact) mass is 350 g/mol. The van der Waals surface area contributed by atoms with Gasteiger partial charge in [0, 0.05) is 39.5 Å². The summed E-state index contributed by atoms with van der Waals surface area (Å²) in [5.74, 6) is 1.44. The van der Waals surface area contributed by atoms with Gasteiger partial charge in [-0.05, 0) is 56.3 Å². The molecular weight excluding hydrogens is 328 g/mol. The van der Waals surface area contributed by atoms with Crippen molar-refractivity contribution in [1.82, 2.24) is 9.88 Å². The maximum atomic E-state index is 6.31. The number of rotatable bonds is 3. The fourth-order valence-corrected chi connectivity index (χ4v) is 5.37. The van der Waals surface area contributed by atoms with Gasteiger partial charge in [-0.1, -0.05) is 18.2 Å². The molecule has 0 unspecified atom stereocenters. The van der Waals surface area contributed by atoms with Gasteiger partial charge in [0.25, 0.3) is 0 Å². The van der Waals surface area contributed by atoms with Crippen LogP contribution in [0.1, 0.15) is 19.8 Å². The van der Waals surface area contributed by atoms with Crippen LogP contribution in [0.25, 0.3) is 21.2 Å². The Morgan fingerprint density at radius 1 is 1.12 bits per heavy atom. The van der Waals surface area contributed by atoms with Crippen molar-refractivity contribution in [3.63, 3.8) is 0 Å². The number of piperidine rings is 3. The van der Waals surface area contributed by atoms with E-state index in [-0.39, 0.29) is 6.10 Å². The highest BCUT2D eigenvalue weighted by Crippen LogP contribution is 2.36. The second-order valence-corrected chi connectivity index (χ2v) is 8.14. The van der Waals surface area contributed by atoms with E-state index < -0.39 is 0 Å². The van der Waals surface area contributed by atoms with Crippen LogP contribution in [0.3, 0.4) is 0 Å². The number of ether oxygens (including phenoxy) is 1. The number of nitrogens with zero attached hydrogens (tertiary/aromatic N) is 2. The molecule has 0 saturated carbocycles. The van der Waals surface area contributed by atoms with Crippen LogP contribution in [0.15, 0.2) is 48.0 Å². The fraction of sp³-hybridized carbons (Fsp3) is 0.381. The van der Waals surface area contributed by atoms with Crippen molar-refractivity contribution in [2.45, 2.75) is 31.9 Å². The minimum absolute atomic E-state index is 0.280. The van der Waals surface area contributed by atoms with Crippen LogP contribution in [-0.4, -0.2) is 35.1 Å². The Morgan fingerprint density at radius 2 is 1.96 bits per heavy atom. The van der Waals surface area contributed by atoms with E-state index >= 15 is 0 Å². The molecule has 0 amide bonds. The van der Waals surface area contributed by atoms with E-state index in [0.717, 1.165) is 11.4 Å². The summed E-state index contributed by atoms with van der Waals surface area (Å²) in [6, 6.07) is 13.2. The molecule has 25 heavy (non-hydrogen) atoms. The minimum atomic E-state index is 0.280. The summed E-state index contributed by atoms with van der Waals surface area (Å²) in [5, 5.41) is 3.52. The molecule has 3 saturated heterocycles. The molecule has 2 aromatic heterocycles. The van der Waals surface area contributed by atoms with Crippen LogP contribution >= 0.6 is 11.3 Å². The number of thiophene rings is 1. The van der Waals surface area contributed by atoms with Gasteiger partial charge >= 0.3 is 0 Å². The van der Waals surface area contributed by atoms with Crippen molar-refractivity contribution in [3.8, 4) is 17.0 Å². The van der Waals surface area contributed by atoms with Crippen molar-refractivity contribution in [2.24, 2.45) is 5.92 Å². The predicted molar refractivity (Wildman–Crippen MR) is 103 cm³/mol. The normalized spacial score (nSPS) is 28.4. The molecule has 2 bridgehead atoms. The summed E-state index contributed by atoms with van der Waals surface area (Å²) in [6.07, 6.45) is 4.75. The van der Waals surface area contributed by atoms with Gasteiger partial charge in [-0.3, -0.25) is 4.90 Å². The molecule has 2 atom stereocenters. The van der Waals surface area contributed by atoms with Crippen molar-refractivity contribution < 1.29 is 4.74 Å². The summed E-state index contributed by atoms with van der Waals surface area (Å²) in [4.78, 5) is 7.17. The summed E-state index contributed by atoms with van der Waals surface area (Å²) < 4.78 is 7.63. The highest BCUT2D eigenvalue weighted by Gasteiger charge is 2.41. The third kappa shape index (κ3) is 2.64. The molecule has 5 heterocycles. The maximum Gasteiger partial charge on any atom is 0.213 e. The molecule has 6 rings (SSSR count). The summed E-state index contributed by atoms with van der Waals surface area (Å²) in [6.45, 7) is 4.74. The standard InChI is InChI=1S/C21H22N2OS/c1-14-21(15-8-10-23(14)11-9-15)24-20-7-6-16(12-22-20)18-13-25-19-5-3-2-4-17(18)19/h2-7,12-15,21H,8-11H2,1H3/t14-,21-/m0/s1. The van der Waals surface area contributed by atoms with Gasteiger partial charge in [0.2, 0.25) is 5.88 Å². The number of pyridine rings is 1. The average Bonchev–Trinajstić information content (AvgIpc) is 3.10. The Balaban J connectivity index is 1.39. The smallest absolute Gasteiger partial charge is 0.213 e. The molecule has 3 nitrogen and oxygen atoms in total. The lowest BCUT2D eigenvalue weighted by molar-refractivity contribution is -0.0525. The largest absolute Gasteiger partial charge is 0.472 e. The van der Waals surface area contributed by atoms with Crippen molar-refractivity contribution in [3.05, 3.63) is 48.0 Å². The van der Waals surface area contributed by atoms with Crippen molar-refractivity contribution >= 4 is 21.4 Å². The summed E-state index contributed by atoms with van der Waals surface area (Å²) in [5.41, 5.74) is 2.42. The van der Waals surface area contributed by atoms with Crippen LogP contribution in [-0.2, 0) is 0 Å². The van der Waals surface area contributed by atoms with E-state index in [4.69, 9.17) is 4.74 Å². The van der Waals surface area contributed by atoms with Crippen LogP contribution in [0.4, 0.5) is 0 Å². The number of benzene rings is 1. The fourth-order valence-electron chi connectivity index (χ4n) is 4.40. The zero-order chi connectivity index (χ0) is 16.8. The van der Waals surface area contributed by atoms with Crippen LogP contribution in [0.5, 0.6) is 5.88 Å². The number of fused-ring (bicyclic) bond motifs is 4. The first kappa shape index (κ1) is 15.4. The van der Waals surface area contributed by atoms with Gasteiger partial charge < -0.3 is 4.74 Å². The van der Waals surface area contributed by atoms with E-state index in [1.165, 1.54) is 41.6 Å². The summed E-state index contributed by atoms with van der Waals surface area (Å²) in [7, 11) is 0. The van der Waals surface area contributed by atoms with E-state index in [2.05, 4.69) is 52.5 Å². The van der Waals surface area contributed by atoms with Gasteiger partial charge in [-0.25, -0.2) is 4.98 Å². The highest BCUT2D eigenvalue weighted by molar-refractivity contribution is 7.17. The number of hydrogen-bond donors (Lipinski definition) is 0. The van der Waals surface area contributed by atoms with E-state index in [1.807, 2.05) is 12.3 Å². The SMILES string of the molecule is C[C@H]1[C@H](Oc2ccc(-c3csc4ccccc34)cn2)C2CCN1CC2. The molecule has 128 valence electrons. The average molecular weight is 350 g/mol. The van der Waals surface area contributed by atoms with Crippen LogP contribution < -0.4 is 4.74 Å². The minimum Gasteiger partial charge on any atom is -0.472 e. The number of aromatic nitrogens is 1. The molecule has 0 radical (unpaired) electrons. The molecule has 4 heteroatoms. The topological polar surface area (TPSA) is 25.4 Å². The first-order chi connectivity index (χ1) is 12.3.